The largest absolute Gasteiger partial charge is 0.309 e. The fourth-order valence-electron chi connectivity index (χ4n) is 3.35. The van der Waals surface area contributed by atoms with E-state index in [4.69, 9.17) is 11.6 Å². The van der Waals surface area contributed by atoms with Gasteiger partial charge in [-0.05, 0) is 36.4 Å². The summed E-state index contributed by atoms with van der Waals surface area (Å²) in [6.07, 6.45) is 0. The molecule has 0 bridgehead atoms. The minimum absolute atomic E-state index is 0.0508. The van der Waals surface area contributed by atoms with E-state index in [1.807, 2.05) is 4.90 Å². The molecule has 10 heteroatoms. The lowest BCUT2D eigenvalue weighted by Crippen LogP contribution is -2.48. The average molecular weight is 437 g/mol. The number of halogens is 2. The summed E-state index contributed by atoms with van der Waals surface area (Å²) in [7, 11) is -3.74. The maximum absolute atomic E-state index is 13.4. The highest BCUT2D eigenvalue weighted by molar-refractivity contribution is 7.89. The fourth-order valence-corrected chi connectivity index (χ4v) is 4.98. The number of benzene rings is 2. The second-order valence-corrected chi connectivity index (χ2v) is 9.19. The van der Waals surface area contributed by atoms with Crippen LogP contribution in [0, 0.1) is 5.82 Å². The van der Waals surface area contributed by atoms with E-state index in [-0.39, 0.29) is 23.5 Å². The third-order valence-corrected chi connectivity index (χ3v) is 6.98. The van der Waals surface area contributed by atoms with E-state index in [9.17, 15) is 17.6 Å². The van der Waals surface area contributed by atoms with E-state index in [0.29, 0.717) is 41.4 Å². The van der Waals surface area contributed by atoms with E-state index in [1.165, 1.54) is 22.5 Å². The van der Waals surface area contributed by atoms with Crippen LogP contribution in [-0.2, 0) is 16.6 Å². The Kier molecular flexibility index (Phi) is 5.39. The average Bonchev–Trinajstić information content (AvgIpc) is 2.69. The maximum atomic E-state index is 13.4. The van der Waals surface area contributed by atoms with Crippen molar-refractivity contribution in [2.75, 3.05) is 26.2 Å². The van der Waals surface area contributed by atoms with Gasteiger partial charge in [-0.2, -0.15) is 4.31 Å². The second kappa shape index (κ2) is 7.83. The minimum Gasteiger partial charge on any atom is -0.309 e. The molecular formula is C19H18ClFN4O3S. The summed E-state index contributed by atoms with van der Waals surface area (Å²) < 4.78 is 40.1. The van der Waals surface area contributed by atoms with Gasteiger partial charge in [0.1, 0.15) is 11.6 Å². The number of nitrogens with one attached hydrogen (secondary N) is 1. The SMILES string of the molecule is O=c1[nH]c(CN2CCN(S(=O)(=O)c3cccc(F)c3)CC2)nc2ccc(Cl)cc12. The van der Waals surface area contributed by atoms with Crippen LogP contribution in [0.3, 0.4) is 0 Å². The quantitative estimate of drug-likeness (QED) is 0.677. The molecule has 152 valence electrons. The van der Waals surface area contributed by atoms with E-state index in [0.717, 1.165) is 6.07 Å². The van der Waals surface area contributed by atoms with Crippen molar-refractivity contribution in [3.8, 4) is 0 Å². The second-order valence-electron chi connectivity index (χ2n) is 6.81. The molecule has 0 radical (unpaired) electrons. The number of H-pyrrole nitrogens is 1. The molecule has 1 N–H and O–H groups in total. The molecule has 0 aliphatic carbocycles. The lowest BCUT2D eigenvalue weighted by molar-refractivity contribution is 0.178. The van der Waals surface area contributed by atoms with Crippen LogP contribution >= 0.6 is 11.6 Å². The van der Waals surface area contributed by atoms with Gasteiger partial charge in [-0.1, -0.05) is 17.7 Å². The first-order chi connectivity index (χ1) is 13.8. The first-order valence-electron chi connectivity index (χ1n) is 8.99. The Morgan fingerprint density at radius 3 is 2.59 bits per heavy atom. The molecule has 4 rings (SSSR count). The number of sulfonamides is 1. The fraction of sp³-hybridized carbons (Fsp3) is 0.263. The molecular weight excluding hydrogens is 419 g/mol. The van der Waals surface area contributed by atoms with Crippen molar-refractivity contribution in [2.24, 2.45) is 0 Å². The molecule has 0 saturated carbocycles. The first-order valence-corrected chi connectivity index (χ1v) is 10.8. The molecule has 1 fully saturated rings. The molecule has 1 saturated heterocycles. The summed E-state index contributed by atoms with van der Waals surface area (Å²) in [5.74, 6) is -0.0800. The molecule has 2 heterocycles. The van der Waals surface area contributed by atoms with Crippen molar-refractivity contribution < 1.29 is 12.8 Å². The van der Waals surface area contributed by atoms with Gasteiger partial charge < -0.3 is 4.98 Å². The Balaban J connectivity index is 1.46. The summed E-state index contributed by atoms with van der Waals surface area (Å²) in [5.41, 5.74) is 0.292. The van der Waals surface area contributed by atoms with Crippen LogP contribution in [0.25, 0.3) is 10.9 Å². The van der Waals surface area contributed by atoms with Crippen molar-refractivity contribution in [3.05, 3.63) is 69.5 Å². The van der Waals surface area contributed by atoms with Crippen molar-refractivity contribution >= 4 is 32.5 Å². The number of piperazine rings is 1. The Morgan fingerprint density at radius 2 is 1.86 bits per heavy atom. The molecule has 7 nitrogen and oxygen atoms in total. The van der Waals surface area contributed by atoms with Crippen LogP contribution in [0.1, 0.15) is 5.82 Å². The molecule has 0 atom stereocenters. The highest BCUT2D eigenvalue weighted by Gasteiger charge is 2.29. The van der Waals surface area contributed by atoms with Crippen LogP contribution in [0.4, 0.5) is 4.39 Å². The number of hydrogen-bond acceptors (Lipinski definition) is 5. The Hall–Kier alpha value is -2.33. The number of rotatable bonds is 4. The topological polar surface area (TPSA) is 86.4 Å². The van der Waals surface area contributed by atoms with Gasteiger partial charge in [0, 0.05) is 31.2 Å². The molecule has 1 aliphatic rings. The highest BCUT2D eigenvalue weighted by Crippen LogP contribution is 2.19. The Morgan fingerprint density at radius 1 is 1.10 bits per heavy atom. The molecule has 0 spiro atoms. The summed E-state index contributed by atoms with van der Waals surface area (Å²) in [6, 6.07) is 9.95. The van der Waals surface area contributed by atoms with E-state index in [2.05, 4.69) is 9.97 Å². The predicted octanol–water partition coefficient (Wildman–Crippen LogP) is 2.22. The van der Waals surface area contributed by atoms with Gasteiger partial charge in [0.2, 0.25) is 10.0 Å². The molecule has 3 aromatic rings. The zero-order valence-corrected chi connectivity index (χ0v) is 16.9. The normalized spacial score (nSPS) is 16.3. The smallest absolute Gasteiger partial charge is 0.258 e. The minimum atomic E-state index is -3.74. The first kappa shape index (κ1) is 20.0. The number of hydrogen-bond donors (Lipinski definition) is 1. The third kappa shape index (κ3) is 4.18. The Labute approximate surface area is 171 Å². The van der Waals surface area contributed by atoms with Crippen molar-refractivity contribution in [1.82, 2.24) is 19.2 Å². The standard InChI is InChI=1S/C19H18ClFN4O3S/c20-13-4-5-17-16(10-13)19(26)23-18(22-17)12-24-6-8-25(9-7-24)29(27,28)15-3-1-2-14(21)11-15/h1-5,10-11H,6-9,12H2,(H,22,23,26). The number of fused-ring (bicyclic) bond motifs is 1. The Bertz CT molecular complexity index is 1220. The monoisotopic (exact) mass is 436 g/mol. The van der Waals surface area contributed by atoms with Gasteiger partial charge in [0.15, 0.2) is 0 Å². The maximum Gasteiger partial charge on any atom is 0.258 e. The van der Waals surface area contributed by atoms with Gasteiger partial charge in [-0.25, -0.2) is 17.8 Å². The number of aromatic nitrogens is 2. The van der Waals surface area contributed by atoms with Crippen molar-refractivity contribution in [3.63, 3.8) is 0 Å². The van der Waals surface area contributed by atoms with Gasteiger partial charge in [0.25, 0.3) is 5.56 Å². The van der Waals surface area contributed by atoms with E-state index >= 15 is 0 Å². The van der Waals surface area contributed by atoms with Crippen molar-refractivity contribution in [1.29, 1.82) is 0 Å². The third-order valence-electron chi connectivity index (χ3n) is 4.85. The van der Waals surface area contributed by atoms with Gasteiger partial charge in [-0.15, -0.1) is 0 Å². The lowest BCUT2D eigenvalue weighted by atomic mass is 10.2. The number of aromatic amines is 1. The summed E-state index contributed by atoms with van der Waals surface area (Å²) in [5, 5.41) is 0.889. The molecule has 2 aromatic carbocycles. The molecule has 1 aromatic heterocycles. The van der Waals surface area contributed by atoms with Gasteiger partial charge >= 0.3 is 0 Å². The lowest BCUT2D eigenvalue weighted by Gasteiger charge is -2.33. The van der Waals surface area contributed by atoms with Crippen LogP contribution in [0.2, 0.25) is 5.02 Å². The zero-order chi connectivity index (χ0) is 20.6. The molecule has 0 unspecified atom stereocenters. The van der Waals surface area contributed by atoms with Crippen LogP contribution in [0.5, 0.6) is 0 Å². The van der Waals surface area contributed by atoms with Gasteiger partial charge in [0.05, 0.1) is 22.3 Å². The summed E-state index contributed by atoms with van der Waals surface area (Å²) >= 11 is 5.93. The summed E-state index contributed by atoms with van der Waals surface area (Å²) in [6.45, 7) is 1.87. The van der Waals surface area contributed by atoms with Crippen LogP contribution < -0.4 is 5.56 Å². The molecule has 29 heavy (non-hydrogen) atoms. The van der Waals surface area contributed by atoms with Crippen LogP contribution in [0.15, 0.2) is 52.2 Å². The van der Waals surface area contributed by atoms with E-state index < -0.39 is 15.8 Å². The molecule has 1 aliphatic heterocycles. The predicted molar refractivity (Wildman–Crippen MR) is 108 cm³/mol. The summed E-state index contributed by atoms with van der Waals surface area (Å²) in [4.78, 5) is 21.5. The number of nitrogens with zero attached hydrogens (tertiary/aromatic N) is 3. The molecule has 0 amide bonds. The zero-order valence-electron chi connectivity index (χ0n) is 15.3. The van der Waals surface area contributed by atoms with E-state index in [1.54, 1.807) is 18.2 Å². The van der Waals surface area contributed by atoms with Crippen LogP contribution in [-0.4, -0.2) is 53.8 Å². The highest BCUT2D eigenvalue weighted by atomic mass is 35.5. The van der Waals surface area contributed by atoms with Gasteiger partial charge in [-0.3, -0.25) is 9.69 Å². The van der Waals surface area contributed by atoms with Crippen molar-refractivity contribution in [2.45, 2.75) is 11.4 Å².